The highest BCUT2D eigenvalue weighted by molar-refractivity contribution is 7.17. The van der Waals surface area contributed by atoms with Gasteiger partial charge in [0.1, 0.15) is 11.0 Å². The SMILES string of the molecule is COC(=O)c1c(NC(=O)C2CC(=O)NN2Cc2ccccc2)sc2c1CCC(C)C2. The molecular formula is C22H25N3O4S. The Kier molecular flexibility index (Phi) is 5.87. The van der Waals surface area contributed by atoms with E-state index in [-0.39, 0.29) is 18.2 Å². The van der Waals surface area contributed by atoms with Crippen LogP contribution in [0.15, 0.2) is 30.3 Å². The van der Waals surface area contributed by atoms with E-state index in [2.05, 4.69) is 17.7 Å². The molecule has 2 N–H and O–H groups in total. The number of ether oxygens (including phenoxy) is 1. The minimum absolute atomic E-state index is 0.0777. The Balaban J connectivity index is 1.57. The molecule has 2 unspecified atom stereocenters. The third kappa shape index (κ3) is 4.11. The van der Waals surface area contributed by atoms with E-state index in [0.29, 0.717) is 23.0 Å². The molecule has 4 rings (SSSR count). The number of methoxy groups -OCH3 is 1. The standard InChI is InChI=1S/C22H25N3O4S/c1-13-8-9-15-17(10-13)30-21(19(15)22(28)29-2)23-20(27)16-11-18(26)24-25(16)12-14-6-4-3-5-7-14/h3-7,13,16H,8-12H2,1-2H3,(H,23,27)(H,24,26). The second-order valence-corrected chi connectivity index (χ2v) is 9.01. The van der Waals surface area contributed by atoms with E-state index in [1.54, 1.807) is 5.01 Å². The van der Waals surface area contributed by atoms with Gasteiger partial charge in [0.15, 0.2) is 0 Å². The summed E-state index contributed by atoms with van der Waals surface area (Å²) in [6, 6.07) is 9.00. The average molecular weight is 428 g/mol. The largest absolute Gasteiger partial charge is 0.465 e. The van der Waals surface area contributed by atoms with Gasteiger partial charge in [-0.15, -0.1) is 11.3 Å². The summed E-state index contributed by atoms with van der Waals surface area (Å²) in [5.41, 5.74) is 5.21. The number of hydrogen-bond acceptors (Lipinski definition) is 6. The molecular weight excluding hydrogens is 402 g/mol. The first-order valence-electron chi connectivity index (χ1n) is 10.1. The van der Waals surface area contributed by atoms with E-state index < -0.39 is 12.0 Å². The number of hydrazine groups is 1. The predicted molar refractivity (Wildman–Crippen MR) is 114 cm³/mol. The first-order chi connectivity index (χ1) is 14.5. The summed E-state index contributed by atoms with van der Waals surface area (Å²) in [6.45, 7) is 2.61. The second kappa shape index (κ2) is 8.57. The van der Waals surface area contributed by atoms with Gasteiger partial charge in [-0.2, -0.15) is 0 Å². The molecule has 0 spiro atoms. The van der Waals surface area contributed by atoms with E-state index in [9.17, 15) is 14.4 Å². The monoisotopic (exact) mass is 427 g/mol. The van der Waals surface area contributed by atoms with Gasteiger partial charge in [-0.3, -0.25) is 15.0 Å². The number of esters is 1. The molecule has 1 fully saturated rings. The number of benzene rings is 1. The molecule has 2 aliphatic rings. The van der Waals surface area contributed by atoms with Crippen LogP contribution in [0.1, 0.15) is 46.1 Å². The van der Waals surface area contributed by atoms with Gasteiger partial charge < -0.3 is 10.1 Å². The number of nitrogens with zero attached hydrogens (tertiary/aromatic N) is 1. The molecule has 1 saturated heterocycles. The minimum Gasteiger partial charge on any atom is -0.465 e. The third-order valence-corrected chi connectivity index (χ3v) is 6.83. The topological polar surface area (TPSA) is 87.7 Å². The van der Waals surface area contributed by atoms with Crippen LogP contribution in [-0.2, 0) is 33.7 Å². The van der Waals surface area contributed by atoms with Crippen LogP contribution in [0.4, 0.5) is 5.00 Å². The number of carbonyl (C=O) groups is 3. The maximum Gasteiger partial charge on any atom is 0.341 e. The number of carbonyl (C=O) groups excluding carboxylic acids is 3. The number of rotatable bonds is 5. The van der Waals surface area contributed by atoms with Crippen LogP contribution in [-0.4, -0.2) is 35.9 Å². The van der Waals surface area contributed by atoms with Crippen LogP contribution in [0, 0.1) is 5.92 Å². The molecule has 158 valence electrons. The van der Waals surface area contributed by atoms with E-state index in [4.69, 9.17) is 4.74 Å². The smallest absolute Gasteiger partial charge is 0.341 e. The molecule has 1 aliphatic heterocycles. The zero-order chi connectivity index (χ0) is 21.3. The Morgan fingerprint density at radius 1 is 1.27 bits per heavy atom. The van der Waals surface area contributed by atoms with Gasteiger partial charge in [0.25, 0.3) is 0 Å². The highest BCUT2D eigenvalue weighted by Gasteiger charge is 2.37. The zero-order valence-corrected chi connectivity index (χ0v) is 17.9. The van der Waals surface area contributed by atoms with E-state index in [0.717, 1.165) is 35.3 Å². The van der Waals surface area contributed by atoms with Gasteiger partial charge in [0.05, 0.1) is 19.1 Å². The fourth-order valence-electron chi connectivity index (χ4n) is 4.09. The third-order valence-electron chi connectivity index (χ3n) is 5.66. The molecule has 7 nitrogen and oxygen atoms in total. The van der Waals surface area contributed by atoms with Crippen LogP contribution in [0.5, 0.6) is 0 Å². The molecule has 2 amide bonds. The number of nitrogens with one attached hydrogen (secondary N) is 2. The lowest BCUT2D eigenvalue weighted by Crippen LogP contribution is -2.43. The van der Waals surface area contributed by atoms with Gasteiger partial charge >= 0.3 is 5.97 Å². The van der Waals surface area contributed by atoms with Crippen molar-refractivity contribution in [3.05, 3.63) is 51.9 Å². The lowest BCUT2D eigenvalue weighted by atomic mass is 9.88. The molecule has 1 aromatic carbocycles. The first-order valence-corrected chi connectivity index (χ1v) is 10.9. The molecule has 2 aromatic rings. The maximum atomic E-state index is 13.1. The Labute approximate surface area is 179 Å². The first kappa shape index (κ1) is 20.6. The summed E-state index contributed by atoms with van der Waals surface area (Å²) in [5.74, 6) is -0.387. The Hall–Kier alpha value is -2.71. The number of hydrogen-bond donors (Lipinski definition) is 2. The van der Waals surface area contributed by atoms with Crippen molar-refractivity contribution in [1.82, 2.24) is 10.4 Å². The maximum absolute atomic E-state index is 13.1. The molecule has 1 aromatic heterocycles. The molecule has 2 heterocycles. The fourth-order valence-corrected chi connectivity index (χ4v) is 5.49. The molecule has 0 radical (unpaired) electrons. The normalized spacial score (nSPS) is 21.1. The molecule has 8 heteroatoms. The Bertz CT molecular complexity index is 972. The highest BCUT2D eigenvalue weighted by Crippen LogP contribution is 2.40. The fraction of sp³-hybridized carbons (Fsp3) is 0.409. The van der Waals surface area contributed by atoms with Crippen LogP contribution in [0.3, 0.4) is 0 Å². The zero-order valence-electron chi connectivity index (χ0n) is 17.1. The van der Waals surface area contributed by atoms with Crippen molar-refractivity contribution < 1.29 is 19.1 Å². The summed E-state index contributed by atoms with van der Waals surface area (Å²) in [7, 11) is 1.35. The van der Waals surface area contributed by atoms with Crippen molar-refractivity contribution in [1.29, 1.82) is 0 Å². The minimum atomic E-state index is -0.652. The molecule has 0 saturated carbocycles. The lowest BCUT2D eigenvalue weighted by molar-refractivity contribution is -0.121. The molecule has 0 bridgehead atoms. The second-order valence-electron chi connectivity index (χ2n) is 7.91. The van der Waals surface area contributed by atoms with E-state index in [1.165, 1.54) is 18.4 Å². The Morgan fingerprint density at radius 2 is 2.03 bits per heavy atom. The van der Waals surface area contributed by atoms with Crippen molar-refractivity contribution >= 4 is 34.1 Å². The van der Waals surface area contributed by atoms with Gasteiger partial charge in [-0.1, -0.05) is 37.3 Å². The van der Waals surface area contributed by atoms with Crippen molar-refractivity contribution in [3.8, 4) is 0 Å². The van der Waals surface area contributed by atoms with Crippen LogP contribution in [0.25, 0.3) is 0 Å². The molecule has 30 heavy (non-hydrogen) atoms. The molecule has 2 atom stereocenters. The van der Waals surface area contributed by atoms with Gasteiger partial charge in [0.2, 0.25) is 11.8 Å². The van der Waals surface area contributed by atoms with E-state index >= 15 is 0 Å². The quantitative estimate of drug-likeness (QED) is 0.717. The summed E-state index contributed by atoms with van der Waals surface area (Å²) >= 11 is 1.45. The van der Waals surface area contributed by atoms with Crippen LogP contribution >= 0.6 is 11.3 Å². The van der Waals surface area contributed by atoms with Gasteiger partial charge in [0, 0.05) is 11.4 Å². The average Bonchev–Trinajstić information content (AvgIpc) is 3.27. The number of fused-ring (bicyclic) bond motifs is 1. The van der Waals surface area contributed by atoms with Crippen molar-refractivity contribution in [2.75, 3.05) is 12.4 Å². The summed E-state index contributed by atoms with van der Waals surface area (Å²) < 4.78 is 4.99. The van der Waals surface area contributed by atoms with Crippen LogP contribution < -0.4 is 10.7 Å². The summed E-state index contributed by atoms with van der Waals surface area (Å²) in [4.78, 5) is 38.7. The van der Waals surface area contributed by atoms with Crippen LogP contribution in [0.2, 0.25) is 0 Å². The van der Waals surface area contributed by atoms with Crippen molar-refractivity contribution in [3.63, 3.8) is 0 Å². The molecule has 1 aliphatic carbocycles. The lowest BCUT2D eigenvalue weighted by Gasteiger charge is -2.22. The summed E-state index contributed by atoms with van der Waals surface area (Å²) in [6.07, 6.45) is 2.78. The Morgan fingerprint density at radius 3 is 2.77 bits per heavy atom. The number of thiophene rings is 1. The van der Waals surface area contributed by atoms with Gasteiger partial charge in [-0.05, 0) is 36.3 Å². The summed E-state index contributed by atoms with van der Waals surface area (Å²) in [5, 5.41) is 5.09. The van der Waals surface area contributed by atoms with Crippen molar-refractivity contribution in [2.45, 2.75) is 45.2 Å². The van der Waals surface area contributed by atoms with E-state index in [1.807, 2.05) is 30.3 Å². The number of anilines is 1. The van der Waals surface area contributed by atoms with Crippen molar-refractivity contribution in [2.24, 2.45) is 5.92 Å². The highest BCUT2D eigenvalue weighted by atomic mass is 32.1. The van der Waals surface area contributed by atoms with Gasteiger partial charge in [-0.25, -0.2) is 9.80 Å². The predicted octanol–water partition coefficient (Wildman–Crippen LogP) is 2.90. The number of amides is 2.